The molecule has 0 aliphatic rings. The normalized spacial score (nSPS) is 12.1. The van der Waals surface area contributed by atoms with E-state index in [9.17, 15) is 0 Å². The zero-order chi connectivity index (χ0) is 18.6. The molecule has 0 aliphatic carbocycles. The molecule has 3 heteroatoms. The molecule has 0 aliphatic heterocycles. The molecule has 3 nitrogen and oxygen atoms in total. The van der Waals surface area contributed by atoms with E-state index in [0.29, 0.717) is 0 Å². The number of fused-ring (bicyclic) bond motifs is 1. The van der Waals surface area contributed by atoms with Gasteiger partial charge < -0.3 is 4.74 Å². The van der Waals surface area contributed by atoms with Crippen molar-refractivity contribution in [3.05, 3.63) is 95.7 Å². The second kappa shape index (κ2) is 7.50. The molecule has 1 N–H and O–H groups in total. The Hall–Kier alpha value is -3.33. The SMILES string of the molecule is CC/C(=C(/c1ccccc1)c1ccc2[nH]ncc2c1)c1ccccc1OC. The number of hydrogen-bond donors (Lipinski definition) is 1. The van der Waals surface area contributed by atoms with E-state index in [1.54, 1.807) is 7.11 Å². The monoisotopic (exact) mass is 354 g/mol. The van der Waals surface area contributed by atoms with Crippen molar-refractivity contribution in [3.63, 3.8) is 0 Å². The van der Waals surface area contributed by atoms with Crippen LogP contribution in [-0.4, -0.2) is 17.3 Å². The van der Waals surface area contributed by atoms with Crippen molar-refractivity contribution in [2.45, 2.75) is 13.3 Å². The molecule has 0 spiro atoms. The van der Waals surface area contributed by atoms with Gasteiger partial charge in [-0.1, -0.05) is 61.5 Å². The molecular weight excluding hydrogens is 332 g/mol. The van der Waals surface area contributed by atoms with E-state index in [1.807, 2.05) is 18.3 Å². The minimum atomic E-state index is 0.896. The minimum absolute atomic E-state index is 0.896. The lowest BCUT2D eigenvalue weighted by Gasteiger charge is -2.18. The van der Waals surface area contributed by atoms with Crippen molar-refractivity contribution in [1.29, 1.82) is 0 Å². The van der Waals surface area contributed by atoms with Crippen LogP contribution in [0.2, 0.25) is 0 Å². The number of benzene rings is 3. The quantitative estimate of drug-likeness (QED) is 0.450. The number of nitrogens with one attached hydrogen (secondary N) is 1. The van der Waals surface area contributed by atoms with Gasteiger partial charge in [-0.3, -0.25) is 5.10 Å². The molecule has 0 saturated heterocycles. The van der Waals surface area contributed by atoms with Crippen LogP contribution in [0.25, 0.3) is 22.0 Å². The summed E-state index contributed by atoms with van der Waals surface area (Å²) in [5, 5.41) is 8.30. The Balaban J connectivity index is 2.03. The Labute approximate surface area is 159 Å². The molecule has 0 amide bonds. The van der Waals surface area contributed by atoms with Gasteiger partial charge in [0.2, 0.25) is 0 Å². The number of aromatic amines is 1. The Bertz CT molecular complexity index is 1090. The van der Waals surface area contributed by atoms with E-state index >= 15 is 0 Å². The van der Waals surface area contributed by atoms with Crippen LogP contribution in [0.4, 0.5) is 0 Å². The minimum Gasteiger partial charge on any atom is -0.496 e. The van der Waals surface area contributed by atoms with E-state index in [-0.39, 0.29) is 0 Å². The zero-order valence-electron chi connectivity index (χ0n) is 15.6. The number of H-pyrrole nitrogens is 1. The van der Waals surface area contributed by atoms with E-state index in [1.165, 1.54) is 22.3 Å². The predicted molar refractivity (Wildman–Crippen MR) is 112 cm³/mol. The van der Waals surface area contributed by atoms with E-state index in [4.69, 9.17) is 4.74 Å². The maximum Gasteiger partial charge on any atom is 0.126 e. The number of para-hydroxylation sites is 1. The van der Waals surface area contributed by atoms with Crippen molar-refractivity contribution < 1.29 is 4.74 Å². The number of hydrogen-bond acceptors (Lipinski definition) is 2. The first-order valence-electron chi connectivity index (χ1n) is 9.17. The average molecular weight is 354 g/mol. The Morgan fingerprint density at radius 3 is 2.48 bits per heavy atom. The smallest absolute Gasteiger partial charge is 0.126 e. The van der Waals surface area contributed by atoms with Gasteiger partial charge in [0.15, 0.2) is 0 Å². The summed E-state index contributed by atoms with van der Waals surface area (Å²) in [5.74, 6) is 0.896. The van der Waals surface area contributed by atoms with Crippen molar-refractivity contribution in [2.24, 2.45) is 0 Å². The van der Waals surface area contributed by atoms with Crippen LogP contribution in [0.15, 0.2) is 79.0 Å². The number of methoxy groups -OCH3 is 1. The van der Waals surface area contributed by atoms with Crippen LogP contribution in [0.5, 0.6) is 5.75 Å². The van der Waals surface area contributed by atoms with Crippen molar-refractivity contribution in [1.82, 2.24) is 10.2 Å². The number of allylic oxidation sites excluding steroid dienone is 1. The molecule has 0 saturated carbocycles. The maximum atomic E-state index is 5.66. The van der Waals surface area contributed by atoms with Crippen molar-refractivity contribution >= 4 is 22.0 Å². The lowest BCUT2D eigenvalue weighted by Crippen LogP contribution is -1.97. The van der Waals surface area contributed by atoms with Gasteiger partial charge in [0.05, 0.1) is 18.8 Å². The predicted octanol–water partition coefficient (Wildman–Crippen LogP) is 5.94. The summed E-state index contributed by atoms with van der Waals surface area (Å²) in [6.45, 7) is 2.20. The summed E-state index contributed by atoms with van der Waals surface area (Å²) in [4.78, 5) is 0. The maximum absolute atomic E-state index is 5.66. The van der Waals surface area contributed by atoms with Gasteiger partial charge in [0.1, 0.15) is 5.75 Å². The molecule has 134 valence electrons. The highest BCUT2D eigenvalue weighted by Crippen LogP contribution is 2.38. The first-order chi connectivity index (χ1) is 13.3. The second-order valence-electron chi connectivity index (χ2n) is 6.45. The number of rotatable bonds is 5. The fourth-order valence-corrected chi connectivity index (χ4v) is 3.61. The van der Waals surface area contributed by atoms with Crippen LogP contribution >= 0.6 is 0 Å². The molecule has 1 heterocycles. The van der Waals surface area contributed by atoms with E-state index in [2.05, 4.69) is 77.8 Å². The largest absolute Gasteiger partial charge is 0.496 e. The standard InChI is InChI=1S/C24H22N2O/c1-3-20(21-11-7-8-12-23(21)27-2)24(17-9-5-4-6-10-17)18-13-14-22-19(15-18)16-25-26-22/h4-16H,3H2,1-2H3,(H,25,26)/b24-20+. The second-order valence-corrected chi connectivity index (χ2v) is 6.45. The van der Waals surface area contributed by atoms with E-state index in [0.717, 1.165) is 28.6 Å². The van der Waals surface area contributed by atoms with Gasteiger partial charge >= 0.3 is 0 Å². The van der Waals surface area contributed by atoms with Gasteiger partial charge in [-0.05, 0) is 46.9 Å². The van der Waals surface area contributed by atoms with Crippen LogP contribution in [0.3, 0.4) is 0 Å². The fraction of sp³-hybridized carbons (Fsp3) is 0.125. The highest BCUT2D eigenvalue weighted by Gasteiger charge is 2.16. The van der Waals surface area contributed by atoms with Crippen molar-refractivity contribution in [2.75, 3.05) is 7.11 Å². The first kappa shape index (κ1) is 17.1. The third kappa shape index (κ3) is 3.24. The molecule has 0 radical (unpaired) electrons. The number of ether oxygens (including phenoxy) is 1. The number of aromatic nitrogens is 2. The van der Waals surface area contributed by atoms with Crippen molar-refractivity contribution in [3.8, 4) is 5.75 Å². The molecule has 0 bridgehead atoms. The lowest BCUT2D eigenvalue weighted by molar-refractivity contribution is 0.413. The van der Waals surface area contributed by atoms with Crippen LogP contribution < -0.4 is 4.74 Å². The fourth-order valence-electron chi connectivity index (χ4n) is 3.61. The van der Waals surface area contributed by atoms with Gasteiger partial charge in [-0.25, -0.2) is 0 Å². The van der Waals surface area contributed by atoms with Gasteiger partial charge in [0.25, 0.3) is 0 Å². The molecule has 0 fully saturated rings. The summed E-state index contributed by atoms with van der Waals surface area (Å²) in [6, 6.07) is 25.2. The van der Waals surface area contributed by atoms with Crippen LogP contribution in [-0.2, 0) is 0 Å². The highest BCUT2D eigenvalue weighted by atomic mass is 16.5. The zero-order valence-corrected chi connectivity index (χ0v) is 15.6. The van der Waals surface area contributed by atoms with Gasteiger partial charge in [0, 0.05) is 10.9 Å². The molecule has 0 unspecified atom stereocenters. The molecular formula is C24H22N2O. The summed E-state index contributed by atoms with van der Waals surface area (Å²) in [5.41, 5.74) is 7.04. The summed E-state index contributed by atoms with van der Waals surface area (Å²) in [6.07, 6.45) is 2.77. The average Bonchev–Trinajstić information content (AvgIpc) is 3.20. The number of nitrogens with zero attached hydrogens (tertiary/aromatic N) is 1. The third-order valence-corrected chi connectivity index (χ3v) is 4.88. The molecule has 3 aromatic carbocycles. The van der Waals surface area contributed by atoms with Gasteiger partial charge in [-0.15, -0.1) is 0 Å². The Kier molecular flexibility index (Phi) is 4.75. The van der Waals surface area contributed by atoms with Gasteiger partial charge in [-0.2, -0.15) is 5.10 Å². The first-order valence-corrected chi connectivity index (χ1v) is 9.17. The third-order valence-electron chi connectivity index (χ3n) is 4.88. The van der Waals surface area contributed by atoms with Crippen LogP contribution in [0, 0.1) is 0 Å². The topological polar surface area (TPSA) is 37.9 Å². The molecule has 27 heavy (non-hydrogen) atoms. The molecule has 4 aromatic rings. The molecule has 4 rings (SSSR count). The van der Waals surface area contributed by atoms with Crippen LogP contribution in [0.1, 0.15) is 30.0 Å². The summed E-state index contributed by atoms with van der Waals surface area (Å²) >= 11 is 0. The lowest BCUT2D eigenvalue weighted by atomic mass is 9.87. The Morgan fingerprint density at radius 2 is 1.70 bits per heavy atom. The summed E-state index contributed by atoms with van der Waals surface area (Å²) in [7, 11) is 1.73. The van der Waals surface area contributed by atoms with E-state index < -0.39 is 0 Å². The molecule has 1 aromatic heterocycles. The Morgan fingerprint density at radius 1 is 0.926 bits per heavy atom. The molecule has 0 atom stereocenters. The highest BCUT2D eigenvalue weighted by molar-refractivity contribution is 6.01. The summed E-state index contributed by atoms with van der Waals surface area (Å²) < 4.78 is 5.66.